The molecule has 0 aliphatic carbocycles. The zero-order valence-corrected chi connectivity index (χ0v) is 10.9. The summed E-state index contributed by atoms with van der Waals surface area (Å²) >= 11 is 3.31. The van der Waals surface area contributed by atoms with Crippen LogP contribution >= 0.6 is 15.9 Å². The van der Waals surface area contributed by atoms with Gasteiger partial charge < -0.3 is 11.1 Å². The van der Waals surface area contributed by atoms with E-state index in [1.54, 1.807) is 18.2 Å². The first-order chi connectivity index (χ1) is 8.08. The number of hydrogen-bond donors (Lipinski definition) is 2. The SMILES string of the molecule is Cc1cccc(N)c1Nc1cc(Br)ccc1F. The number of nitrogens with one attached hydrogen (secondary N) is 1. The summed E-state index contributed by atoms with van der Waals surface area (Å²) in [4.78, 5) is 0. The number of anilines is 3. The van der Waals surface area contributed by atoms with E-state index < -0.39 is 0 Å². The summed E-state index contributed by atoms with van der Waals surface area (Å²) in [6.45, 7) is 1.93. The average Bonchev–Trinajstić information content (AvgIpc) is 2.28. The van der Waals surface area contributed by atoms with Crippen molar-refractivity contribution >= 4 is 33.0 Å². The summed E-state index contributed by atoms with van der Waals surface area (Å²) in [6.07, 6.45) is 0. The largest absolute Gasteiger partial charge is 0.397 e. The van der Waals surface area contributed by atoms with Crippen molar-refractivity contribution in [2.75, 3.05) is 11.1 Å². The molecular formula is C13H12BrFN2. The lowest BCUT2D eigenvalue weighted by atomic mass is 10.1. The molecule has 2 rings (SSSR count). The first-order valence-corrected chi connectivity index (χ1v) is 5.94. The Balaban J connectivity index is 2.41. The van der Waals surface area contributed by atoms with Gasteiger partial charge >= 0.3 is 0 Å². The molecule has 17 heavy (non-hydrogen) atoms. The van der Waals surface area contributed by atoms with E-state index in [4.69, 9.17) is 5.73 Å². The van der Waals surface area contributed by atoms with Crippen molar-refractivity contribution in [3.05, 3.63) is 52.3 Å². The van der Waals surface area contributed by atoms with Gasteiger partial charge in [-0.3, -0.25) is 0 Å². The van der Waals surface area contributed by atoms with Crippen molar-refractivity contribution in [2.24, 2.45) is 0 Å². The third-order valence-corrected chi connectivity index (χ3v) is 2.99. The highest BCUT2D eigenvalue weighted by molar-refractivity contribution is 9.10. The molecular weight excluding hydrogens is 283 g/mol. The molecule has 0 heterocycles. The lowest BCUT2D eigenvalue weighted by Crippen LogP contribution is -2.00. The summed E-state index contributed by atoms with van der Waals surface area (Å²) < 4.78 is 14.4. The summed E-state index contributed by atoms with van der Waals surface area (Å²) in [6, 6.07) is 10.3. The maximum atomic E-state index is 13.6. The molecule has 3 N–H and O–H groups in total. The third-order valence-electron chi connectivity index (χ3n) is 2.49. The predicted molar refractivity (Wildman–Crippen MR) is 73.0 cm³/mol. The van der Waals surface area contributed by atoms with Gasteiger partial charge in [0.25, 0.3) is 0 Å². The maximum Gasteiger partial charge on any atom is 0.146 e. The summed E-state index contributed by atoms with van der Waals surface area (Å²) in [7, 11) is 0. The number of hydrogen-bond acceptors (Lipinski definition) is 2. The molecule has 0 radical (unpaired) electrons. The Hall–Kier alpha value is -1.55. The minimum absolute atomic E-state index is 0.309. The molecule has 0 atom stereocenters. The minimum Gasteiger partial charge on any atom is -0.397 e. The zero-order chi connectivity index (χ0) is 12.4. The molecule has 0 fully saturated rings. The molecule has 2 aromatic carbocycles. The molecule has 0 amide bonds. The van der Waals surface area contributed by atoms with E-state index in [1.807, 2.05) is 19.1 Å². The van der Waals surface area contributed by atoms with Crippen molar-refractivity contribution in [1.82, 2.24) is 0 Å². The first-order valence-electron chi connectivity index (χ1n) is 5.15. The molecule has 0 bridgehead atoms. The zero-order valence-electron chi connectivity index (χ0n) is 9.30. The lowest BCUT2D eigenvalue weighted by molar-refractivity contribution is 0.631. The van der Waals surface area contributed by atoms with Crippen LogP contribution in [0.4, 0.5) is 21.5 Å². The molecule has 0 saturated carbocycles. The van der Waals surface area contributed by atoms with Crippen LogP contribution in [-0.2, 0) is 0 Å². The quantitative estimate of drug-likeness (QED) is 0.814. The Morgan fingerprint density at radius 2 is 2.00 bits per heavy atom. The number of nitrogens with two attached hydrogens (primary N) is 1. The molecule has 4 heteroatoms. The van der Waals surface area contributed by atoms with Crippen molar-refractivity contribution in [2.45, 2.75) is 6.92 Å². The van der Waals surface area contributed by atoms with Crippen LogP contribution in [0.2, 0.25) is 0 Å². The monoisotopic (exact) mass is 294 g/mol. The van der Waals surface area contributed by atoms with E-state index in [0.29, 0.717) is 11.4 Å². The van der Waals surface area contributed by atoms with E-state index >= 15 is 0 Å². The van der Waals surface area contributed by atoms with Crippen molar-refractivity contribution < 1.29 is 4.39 Å². The second kappa shape index (κ2) is 4.75. The van der Waals surface area contributed by atoms with Gasteiger partial charge in [-0.15, -0.1) is 0 Å². The number of benzene rings is 2. The fraction of sp³-hybridized carbons (Fsp3) is 0.0769. The molecule has 0 unspecified atom stereocenters. The minimum atomic E-state index is -0.309. The van der Waals surface area contributed by atoms with Crippen LogP contribution in [0.25, 0.3) is 0 Å². The van der Waals surface area contributed by atoms with Gasteiger partial charge in [-0.05, 0) is 36.8 Å². The van der Waals surface area contributed by atoms with Gasteiger partial charge in [0.1, 0.15) is 5.82 Å². The summed E-state index contributed by atoms with van der Waals surface area (Å²) in [5.74, 6) is -0.309. The van der Waals surface area contributed by atoms with Gasteiger partial charge in [0, 0.05) is 4.47 Å². The number of rotatable bonds is 2. The Morgan fingerprint density at radius 3 is 2.71 bits per heavy atom. The van der Waals surface area contributed by atoms with Crippen LogP contribution in [0.5, 0.6) is 0 Å². The molecule has 0 aliphatic heterocycles. The second-order valence-electron chi connectivity index (χ2n) is 3.79. The van der Waals surface area contributed by atoms with Gasteiger partial charge in [0.15, 0.2) is 0 Å². The van der Waals surface area contributed by atoms with Gasteiger partial charge in [0.05, 0.1) is 17.1 Å². The van der Waals surface area contributed by atoms with E-state index in [0.717, 1.165) is 15.7 Å². The molecule has 2 nitrogen and oxygen atoms in total. The van der Waals surface area contributed by atoms with Crippen LogP contribution in [0, 0.1) is 12.7 Å². The number of aryl methyl sites for hydroxylation is 1. The van der Waals surface area contributed by atoms with Gasteiger partial charge in [-0.2, -0.15) is 0 Å². The Morgan fingerprint density at radius 1 is 1.24 bits per heavy atom. The van der Waals surface area contributed by atoms with E-state index in [1.165, 1.54) is 6.07 Å². The van der Waals surface area contributed by atoms with Crippen LogP contribution in [0.3, 0.4) is 0 Å². The second-order valence-corrected chi connectivity index (χ2v) is 4.70. The molecule has 0 saturated heterocycles. The van der Waals surface area contributed by atoms with Crippen LogP contribution in [-0.4, -0.2) is 0 Å². The smallest absolute Gasteiger partial charge is 0.146 e. The van der Waals surface area contributed by atoms with Crippen molar-refractivity contribution in [1.29, 1.82) is 0 Å². The highest BCUT2D eigenvalue weighted by Gasteiger charge is 2.07. The Bertz CT molecular complexity index is 535. The number of para-hydroxylation sites is 1. The molecule has 88 valence electrons. The van der Waals surface area contributed by atoms with Crippen molar-refractivity contribution in [3.8, 4) is 0 Å². The fourth-order valence-corrected chi connectivity index (χ4v) is 1.95. The number of nitrogen functional groups attached to an aromatic ring is 1. The van der Waals surface area contributed by atoms with Crippen LogP contribution < -0.4 is 11.1 Å². The highest BCUT2D eigenvalue weighted by atomic mass is 79.9. The van der Waals surface area contributed by atoms with Gasteiger partial charge in [-0.1, -0.05) is 28.1 Å². The number of halogens is 2. The Labute approximate surface area is 108 Å². The molecule has 0 aromatic heterocycles. The Kier molecular flexibility index (Phi) is 3.33. The van der Waals surface area contributed by atoms with Gasteiger partial charge in [-0.25, -0.2) is 4.39 Å². The van der Waals surface area contributed by atoms with Gasteiger partial charge in [0.2, 0.25) is 0 Å². The van der Waals surface area contributed by atoms with E-state index in [-0.39, 0.29) is 5.82 Å². The predicted octanol–water partition coefficient (Wildman–Crippen LogP) is 4.22. The normalized spacial score (nSPS) is 10.3. The molecule has 2 aromatic rings. The first kappa shape index (κ1) is 11.9. The van der Waals surface area contributed by atoms with E-state index in [2.05, 4.69) is 21.2 Å². The maximum absolute atomic E-state index is 13.6. The van der Waals surface area contributed by atoms with Crippen molar-refractivity contribution in [3.63, 3.8) is 0 Å². The lowest BCUT2D eigenvalue weighted by Gasteiger charge is -2.13. The molecule has 0 aliphatic rings. The fourth-order valence-electron chi connectivity index (χ4n) is 1.59. The third kappa shape index (κ3) is 2.58. The highest BCUT2D eigenvalue weighted by Crippen LogP contribution is 2.29. The molecule has 0 spiro atoms. The van der Waals surface area contributed by atoms with E-state index in [9.17, 15) is 4.39 Å². The summed E-state index contributed by atoms with van der Waals surface area (Å²) in [5, 5.41) is 3.02. The summed E-state index contributed by atoms with van der Waals surface area (Å²) in [5.41, 5.74) is 8.58. The topological polar surface area (TPSA) is 38.0 Å². The standard InChI is InChI=1S/C13H12BrFN2/c1-8-3-2-4-11(16)13(8)17-12-7-9(14)5-6-10(12)15/h2-7,17H,16H2,1H3. The average molecular weight is 295 g/mol. The van der Waals surface area contributed by atoms with Crippen LogP contribution in [0.15, 0.2) is 40.9 Å². The van der Waals surface area contributed by atoms with Crippen LogP contribution in [0.1, 0.15) is 5.56 Å².